The number of allylic oxidation sites excluding steroid dienone is 4. The predicted molar refractivity (Wildman–Crippen MR) is 205 cm³/mol. The Morgan fingerprint density at radius 2 is 1.19 bits per heavy atom. The lowest BCUT2D eigenvalue weighted by Crippen LogP contribution is -2.26. The molecule has 0 aromatic rings. The fourth-order valence-corrected chi connectivity index (χ4v) is 3.81. The number of unbranched alkanes of at least 4 members (excludes halogenated alkanes) is 6. The van der Waals surface area contributed by atoms with Crippen LogP contribution in [-0.2, 0) is 28.5 Å². The van der Waals surface area contributed by atoms with Crippen LogP contribution in [0.5, 0.6) is 0 Å². The van der Waals surface area contributed by atoms with Gasteiger partial charge in [-0.05, 0) is 46.2 Å². The van der Waals surface area contributed by atoms with Gasteiger partial charge in [0.25, 0.3) is 0 Å². The molecule has 0 saturated carbocycles. The van der Waals surface area contributed by atoms with Gasteiger partial charge < -0.3 is 39.2 Å². The lowest BCUT2D eigenvalue weighted by Gasteiger charge is -2.19. The Balaban J connectivity index is -0.000000278. The van der Waals surface area contributed by atoms with Crippen LogP contribution in [0.2, 0.25) is 0 Å². The van der Waals surface area contributed by atoms with Crippen LogP contribution in [0.15, 0.2) is 24.3 Å². The largest absolute Gasteiger partial charge is 0.508 e. The molecule has 0 amide bonds. The Hall–Kier alpha value is -1.98. The maximum absolute atomic E-state index is 12.3. The van der Waals surface area contributed by atoms with Gasteiger partial charge in [0.05, 0.1) is 32.2 Å². The van der Waals surface area contributed by atoms with E-state index >= 15 is 0 Å². The van der Waals surface area contributed by atoms with E-state index in [2.05, 4.69) is 32.6 Å². The lowest BCUT2D eigenvalue weighted by atomic mass is 10.2. The average molecular weight is 698 g/mol. The molecule has 3 N–H and O–H groups in total. The van der Waals surface area contributed by atoms with E-state index in [1.54, 1.807) is 0 Å². The number of rotatable bonds is 27. The first-order chi connectivity index (χ1) is 20.9. The second-order valence-electron chi connectivity index (χ2n) is 10.4. The zero-order valence-corrected chi connectivity index (χ0v) is 28.9. The number of carbonyl (C=O) groups excluding carboxylic acids is 2. The molecule has 294 valence electrons. The van der Waals surface area contributed by atoms with Crippen molar-refractivity contribution in [1.29, 1.82) is 0 Å². The van der Waals surface area contributed by atoms with E-state index in [1.165, 1.54) is 25.7 Å². The van der Waals surface area contributed by atoms with Gasteiger partial charge in [0.1, 0.15) is 6.61 Å². The highest BCUT2D eigenvalue weighted by molar-refractivity contribution is 5.69. The van der Waals surface area contributed by atoms with Crippen LogP contribution < -0.4 is 0 Å². The first kappa shape index (κ1) is 61.3. The summed E-state index contributed by atoms with van der Waals surface area (Å²) in [5.41, 5.74) is 0. The molecule has 0 aromatic carbocycles. The normalized spacial score (nSPS) is 10.9. The fraction of sp³-hybridized carbons (Fsp3) is 0.842. The van der Waals surface area contributed by atoms with Gasteiger partial charge in [-0.15, -0.1) is 0 Å². The molecule has 1 unspecified atom stereocenters. The first-order valence-corrected chi connectivity index (χ1v) is 16.7. The Morgan fingerprint density at radius 1 is 0.688 bits per heavy atom. The molecule has 0 aliphatic carbocycles. The maximum atomic E-state index is 12.3. The minimum Gasteiger partial charge on any atom is -0.465 e. The Morgan fingerprint density at radius 3 is 1.62 bits per heavy atom. The summed E-state index contributed by atoms with van der Waals surface area (Å²) in [4.78, 5) is 26.3. The number of esters is 1. The molecular formula is C38H83NO9. The number of hydrogen-bond donors (Lipinski definition) is 1. The summed E-state index contributed by atoms with van der Waals surface area (Å²) in [6.45, 7) is 16.4. The van der Waals surface area contributed by atoms with Crippen molar-refractivity contribution in [3.05, 3.63) is 24.3 Å². The van der Waals surface area contributed by atoms with Gasteiger partial charge in [0.15, 0.2) is 6.29 Å². The van der Waals surface area contributed by atoms with Crippen molar-refractivity contribution in [2.24, 2.45) is 5.92 Å². The maximum Gasteiger partial charge on any atom is 0.508 e. The first-order valence-electron chi connectivity index (χ1n) is 16.7. The minimum absolute atomic E-state index is 0. The van der Waals surface area contributed by atoms with Gasteiger partial charge >= 0.3 is 12.1 Å². The summed E-state index contributed by atoms with van der Waals surface area (Å²) >= 11 is 0. The van der Waals surface area contributed by atoms with Crippen LogP contribution in [-0.4, -0.2) is 93.2 Å². The van der Waals surface area contributed by atoms with Gasteiger partial charge in [0.2, 0.25) is 0 Å². The third-order valence-corrected chi connectivity index (χ3v) is 6.59. The second-order valence-corrected chi connectivity index (χ2v) is 10.4. The Labute approximate surface area is 298 Å². The summed E-state index contributed by atoms with van der Waals surface area (Å²) in [7, 11) is 0. The van der Waals surface area contributed by atoms with Crippen LogP contribution in [0.25, 0.3) is 0 Å². The van der Waals surface area contributed by atoms with Crippen molar-refractivity contribution in [3.8, 4) is 0 Å². The van der Waals surface area contributed by atoms with E-state index in [4.69, 9.17) is 23.7 Å². The number of carbonyl (C=O) groups is 2. The van der Waals surface area contributed by atoms with E-state index in [-0.39, 0.29) is 68.0 Å². The van der Waals surface area contributed by atoms with E-state index in [1.807, 2.05) is 38.2 Å². The summed E-state index contributed by atoms with van der Waals surface area (Å²) in [5, 5.41) is 9.55. The van der Waals surface area contributed by atoms with E-state index < -0.39 is 24.3 Å². The molecule has 0 radical (unpaired) electrons. The highest BCUT2D eigenvalue weighted by Gasteiger charge is 2.17. The minimum atomic E-state index is -0.778. The van der Waals surface area contributed by atoms with E-state index in [0.717, 1.165) is 51.7 Å². The van der Waals surface area contributed by atoms with Gasteiger partial charge in [-0.25, -0.2) is 4.79 Å². The molecular weight excluding hydrogens is 614 g/mol. The molecule has 48 heavy (non-hydrogen) atoms. The van der Waals surface area contributed by atoms with Crippen LogP contribution in [0, 0.1) is 5.92 Å². The summed E-state index contributed by atoms with van der Waals surface area (Å²) in [6, 6.07) is 0. The molecule has 0 aliphatic heterocycles. The molecule has 10 nitrogen and oxygen atoms in total. The van der Waals surface area contributed by atoms with Crippen LogP contribution in [0.4, 0.5) is 4.79 Å². The van der Waals surface area contributed by atoms with E-state index in [0.29, 0.717) is 19.6 Å². The molecule has 0 aliphatic rings. The lowest BCUT2D eigenvalue weighted by molar-refractivity contribution is -0.160. The van der Waals surface area contributed by atoms with E-state index in [9.17, 15) is 14.7 Å². The molecule has 1 atom stereocenters. The Kier molecular flexibility index (Phi) is 63.1. The van der Waals surface area contributed by atoms with Crippen molar-refractivity contribution in [1.82, 2.24) is 4.90 Å². The number of nitrogens with zero attached hydrogens (tertiary/aromatic N) is 1. The smallest absolute Gasteiger partial charge is 0.465 e. The highest BCUT2D eigenvalue weighted by Crippen LogP contribution is 2.11. The molecule has 0 bridgehead atoms. The van der Waals surface area contributed by atoms with Crippen molar-refractivity contribution in [3.63, 3.8) is 0 Å². The Bertz CT molecular complexity index is 647. The van der Waals surface area contributed by atoms with Crippen molar-refractivity contribution in [2.75, 3.05) is 59.3 Å². The highest BCUT2D eigenvalue weighted by atomic mass is 16.7. The number of hydrogen-bond acceptors (Lipinski definition) is 9. The van der Waals surface area contributed by atoms with Gasteiger partial charge in [-0.1, -0.05) is 120 Å². The van der Waals surface area contributed by atoms with Gasteiger partial charge in [-0.3, -0.25) is 4.79 Å². The van der Waals surface area contributed by atoms with Crippen LogP contribution in [0.1, 0.15) is 142 Å². The van der Waals surface area contributed by atoms with Crippen molar-refractivity contribution < 1.29 is 43.9 Å². The SMILES string of the molecule is C.C.C.C.CC=CC=CC.CCCCCCOC(CCC(=O)OCC(CO)COC(=O)OCCCN(CC)CC)OCCCCCC.O. The van der Waals surface area contributed by atoms with Crippen molar-refractivity contribution >= 4 is 12.1 Å². The summed E-state index contributed by atoms with van der Waals surface area (Å²) in [5.74, 6) is -0.904. The second kappa shape index (κ2) is 49.4. The predicted octanol–water partition coefficient (Wildman–Crippen LogP) is 9.18. The molecule has 0 spiro atoms. The fourth-order valence-electron chi connectivity index (χ4n) is 3.81. The zero-order chi connectivity index (χ0) is 32.4. The third kappa shape index (κ3) is 44.0. The van der Waals surface area contributed by atoms with Gasteiger partial charge in [-0.2, -0.15) is 0 Å². The van der Waals surface area contributed by atoms with Crippen LogP contribution in [0.3, 0.4) is 0 Å². The zero-order valence-electron chi connectivity index (χ0n) is 28.9. The third-order valence-electron chi connectivity index (χ3n) is 6.59. The molecule has 10 heteroatoms. The standard InChI is InChI=1S/C28H55NO8.C6H10.4CH4.H2O/c1-5-9-11-13-19-33-27(34-20-14-12-10-6-2)17-16-26(31)36-23-25(22-30)24-37-28(32)35-21-15-18-29(7-3)8-4;1-3-5-6-4-2;;;;;/h25,27,30H,5-24H2,1-4H3;3-6H,1-2H3;4*1H4;1H2. The molecule has 0 heterocycles. The number of aliphatic hydroxyl groups is 1. The van der Waals surface area contributed by atoms with Crippen molar-refractivity contribution in [2.45, 2.75) is 148 Å². The molecule has 0 aromatic heterocycles. The molecule has 0 rings (SSSR count). The average Bonchev–Trinajstić information content (AvgIpc) is 3.02. The molecule has 0 fully saturated rings. The summed E-state index contributed by atoms with van der Waals surface area (Å²) in [6.07, 6.45) is 17.0. The number of aliphatic hydroxyl groups excluding tert-OH is 1. The quantitative estimate of drug-likeness (QED) is 0.0386. The topological polar surface area (TPSA) is 135 Å². The number of ether oxygens (including phenoxy) is 5. The van der Waals surface area contributed by atoms with Gasteiger partial charge in [0, 0.05) is 26.2 Å². The monoisotopic (exact) mass is 698 g/mol. The summed E-state index contributed by atoms with van der Waals surface area (Å²) < 4.78 is 27.2. The van der Waals surface area contributed by atoms with Crippen LogP contribution >= 0.6 is 0 Å². The molecule has 0 saturated heterocycles.